The lowest BCUT2D eigenvalue weighted by atomic mass is 9.82. The number of aryl methyl sites for hydroxylation is 1. The van der Waals surface area contributed by atoms with Gasteiger partial charge in [0.05, 0.1) is 18.3 Å². The topological polar surface area (TPSA) is 65.9 Å². The second-order valence-electron chi connectivity index (χ2n) is 10.2. The Morgan fingerprint density at radius 3 is 2.71 bits per heavy atom. The minimum absolute atomic E-state index is 0.0275. The third-order valence-electron chi connectivity index (χ3n) is 8.05. The monoisotopic (exact) mass is 483 g/mol. The number of carbonyl (C=O) groups is 1. The van der Waals surface area contributed by atoms with Crippen molar-refractivity contribution in [2.24, 2.45) is 0 Å². The average Bonchev–Trinajstić information content (AvgIpc) is 3.31. The summed E-state index contributed by atoms with van der Waals surface area (Å²) >= 11 is 1.98. The van der Waals surface area contributed by atoms with Crippen LogP contribution < -0.4 is 0 Å². The Balaban J connectivity index is 1.17. The number of aromatic nitrogens is 1. The highest BCUT2D eigenvalue weighted by molar-refractivity contribution is 7.12. The Hall–Kier alpha value is -1.80. The lowest BCUT2D eigenvalue weighted by Crippen LogP contribution is -2.45. The molecule has 2 fully saturated rings. The molecular formula is C27H37N3O3S. The molecule has 184 valence electrons. The average molecular weight is 484 g/mol. The van der Waals surface area contributed by atoms with Crippen molar-refractivity contribution < 1.29 is 14.6 Å². The molecule has 1 aliphatic carbocycles. The molecule has 0 unspecified atom stereocenters. The van der Waals surface area contributed by atoms with E-state index in [2.05, 4.69) is 22.9 Å². The van der Waals surface area contributed by atoms with Gasteiger partial charge in [-0.2, -0.15) is 0 Å². The normalized spacial score (nSPS) is 24.7. The molecule has 2 aromatic heterocycles. The summed E-state index contributed by atoms with van der Waals surface area (Å²) in [6.45, 7) is 5.94. The molecule has 6 nitrogen and oxygen atoms in total. The molecule has 1 spiro atoms. The van der Waals surface area contributed by atoms with Crippen LogP contribution in [0.1, 0.15) is 76.8 Å². The highest BCUT2D eigenvalue weighted by Crippen LogP contribution is 2.44. The number of rotatable bonds is 5. The van der Waals surface area contributed by atoms with E-state index in [0.717, 1.165) is 83.2 Å². The van der Waals surface area contributed by atoms with E-state index in [-0.39, 0.29) is 23.7 Å². The number of hydrogen-bond donors (Lipinski definition) is 1. The predicted molar refractivity (Wildman–Crippen MR) is 134 cm³/mol. The van der Waals surface area contributed by atoms with Crippen LogP contribution in [-0.2, 0) is 29.7 Å². The summed E-state index contributed by atoms with van der Waals surface area (Å²) in [5, 5.41) is 9.73. The second kappa shape index (κ2) is 10.1. The van der Waals surface area contributed by atoms with E-state index < -0.39 is 0 Å². The van der Waals surface area contributed by atoms with Crippen LogP contribution in [0.4, 0.5) is 0 Å². The number of piperidine rings is 1. The molecule has 0 atom stereocenters. The van der Waals surface area contributed by atoms with Crippen LogP contribution in [0.5, 0.6) is 0 Å². The van der Waals surface area contributed by atoms with Crippen LogP contribution in [0, 0.1) is 0 Å². The summed E-state index contributed by atoms with van der Waals surface area (Å²) in [6.07, 6.45) is 9.11. The Morgan fingerprint density at radius 1 is 1.26 bits per heavy atom. The summed E-state index contributed by atoms with van der Waals surface area (Å²) < 4.78 is 6.42. The van der Waals surface area contributed by atoms with Gasteiger partial charge in [-0.05, 0) is 68.2 Å². The fourth-order valence-corrected chi connectivity index (χ4v) is 7.01. The van der Waals surface area contributed by atoms with Crippen molar-refractivity contribution in [1.82, 2.24) is 14.8 Å². The van der Waals surface area contributed by atoms with Gasteiger partial charge in [0, 0.05) is 55.1 Å². The van der Waals surface area contributed by atoms with Gasteiger partial charge in [0.1, 0.15) is 5.69 Å². The van der Waals surface area contributed by atoms with Crippen molar-refractivity contribution in [2.75, 3.05) is 26.7 Å². The van der Waals surface area contributed by atoms with Crippen LogP contribution in [0.3, 0.4) is 0 Å². The summed E-state index contributed by atoms with van der Waals surface area (Å²) in [4.78, 5) is 24.7. The number of aliphatic hydroxyl groups is 1. The number of likely N-dealkylation sites (tertiary alicyclic amines) is 1. The molecule has 7 heteroatoms. The first-order valence-corrected chi connectivity index (χ1v) is 13.7. The lowest BCUT2D eigenvalue weighted by Gasteiger charge is -2.44. The Bertz CT molecular complexity index is 989. The van der Waals surface area contributed by atoms with Gasteiger partial charge in [-0.15, -0.1) is 11.3 Å². The van der Waals surface area contributed by atoms with Gasteiger partial charge in [-0.3, -0.25) is 14.7 Å². The Labute approximate surface area is 206 Å². The minimum Gasteiger partial charge on any atom is -0.393 e. The SMILES string of the molecule is CCc1cc2c(s1)CCOC21CCN(Cc2ccc(C(=O)N(C)C3CCC(O)CC3)nc2)CC1. The molecule has 2 aromatic rings. The zero-order chi connectivity index (χ0) is 23.7. The third kappa shape index (κ3) is 4.81. The summed E-state index contributed by atoms with van der Waals surface area (Å²) in [5.74, 6) is -0.0275. The van der Waals surface area contributed by atoms with Crippen LogP contribution in [-0.4, -0.2) is 64.7 Å². The molecule has 3 aliphatic rings. The molecule has 5 rings (SSSR count). The number of ether oxygens (including phenoxy) is 1. The van der Waals surface area contributed by atoms with E-state index in [0.29, 0.717) is 5.69 Å². The Kier molecular flexibility index (Phi) is 7.07. The second-order valence-corrected chi connectivity index (χ2v) is 11.4. The van der Waals surface area contributed by atoms with Crippen LogP contribution in [0.15, 0.2) is 24.4 Å². The van der Waals surface area contributed by atoms with Crippen molar-refractivity contribution in [3.63, 3.8) is 0 Å². The van der Waals surface area contributed by atoms with Gasteiger partial charge in [0.15, 0.2) is 0 Å². The van der Waals surface area contributed by atoms with Crippen LogP contribution in [0.2, 0.25) is 0 Å². The van der Waals surface area contributed by atoms with Crippen LogP contribution >= 0.6 is 11.3 Å². The van der Waals surface area contributed by atoms with Crippen molar-refractivity contribution in [3.8, 4) is 0 Å². The van der Waals surface area contributed by atoms with E-state index in [9.17, 15) is 9.90 Å². The number of pyridine rings is 1. The quantitative estimate of drug-likeness (QED) is 0.692. The highest BCUT2D eigenvalue weighted by Gasteiger charge is 2.41. The van der Waals surface area contributed by atoms with Gasteiger partial charge in [0.2, 0.25) is 0 Å². The van der Waals surface area contributed by atoms with Gasteiger partial charge in [-0.1, -0.05) is 13.0 Å². The first kappa shape index (κ1) is 23.9. The molecule has 4 heterocycles. The van der Waals surface area contributed by atoms with Gasteiger partial charge in [-0.25, -0.2) is 0 Å². The fourth-order valence-electron chi connectivity index (χ4n) is 5.83. The molecule has 1 saturated carbocycles. The smallest absolute Gasteiger partial charge is 0.272 e. The summed E-state index contributed by atoms with van der Waals surface area (Å²) in [5.41, 5.74) is 3.01. The number of hydrogen-bond acceptors (Lipinski definition) is 6. The standard InChI is InChI=1S/C27H37N3O3S/c1-3-22-16-23-25(34-22)10-15-33-27(23)11-13-30(14-12-27)18-19-4-9-24(28-17-19)26(32)29(2)20-5-7-21(31)8-6-20/h4,9,16-17,20-21,31H,3,5-8,10-15,18H2,1-2H3. The van der Waals surface area contributed by atoms with Crippen molar-refractivity contribution in [3.05, 3.63) is 51.0 Å². The van der Waals surface area contributed by atoms with Crippen molar-refractivity contribution in [1.29, 1.82) is 0 Å². The number of thiophene rings is 1. The number of aliphatic hydroxyl groups excluding tert-OH is 1. The van der Waals surface area contributed by atoms with Gasteiger partial charge in [0.25, 0.3) is 5.91 Å². The summed E-state index contributed by atoms with van der Waals surface area (Å²) in [6, 6.07) is 6.51. The molecule has 1 amide bonds. The zero-order valence-electron chi connectivity index (χ0n) is 20.5. The molecular weight excluding hydrogens is 446 g/mol. The van der Waals surface area contributed by atoms with Crippen molar-refractivity contribution >= 4 is 17.2 Å². The fraction of sp³-hybridized carbons (Fsp3) is 0.630. The Morgan fingerprint density at radius 2 is 2.03 bits per heavy atom. The lowest BCUT2D eigenvalue weighted by molar-refractivity contribution is -0.0981. The minimum atomic E-state index is -0.215. The van der Waals surface area contributed by atoms with E-state index >= 15 is 0 Å². The number of amides is 1. The molecule has 1 saturated heterocycles. The largest absolute Gasteiger partial charge is 0.393 e. The van der Waals surface area contributed by atoms with Crippen molar-refractivity contribution in [2.45, 2.75) is 82.6 Å². The molecule has 1 N–H and O–H groups in total. The number of fused-ring (bicyclic) bond motifs is 2. The van der Waals surface area contributed by atoms with Gasteiger partial charge < -0.3 is 14.7 Å². The maximum Gasteiger partial charge on any atom is 0.272 e. The summed E-state index contributed by atoms with van der Waals surface area (Å²) in [7, 11) is 1.86. The van der Waals surface area contributed by atoms with Crippen LogP contribution in [0.25, 0.3) is 0 Å². The first-order chi connectivity index (χ1) is 16.5. The number of nitrogens with zero attached hydrogens (tertiary/aromatic N) is 3. The highest BCUT2D eigenvalue weighted by atomic mass is 32.1. The molecule has 2 aliphatic heterocycles. The van der Waals surface area contributed by atoms with E-state index in [1.165, 1.54) is 15.3 Å². The van der Waals surface area contributed by atoms with Gasteiger partial charge >= 0.3 is 0 Å². The van der Waals surface area contributed by atoms with E-state index in [1.54, 1.807) is 0 Å². The molecule has 34 heavy (non-hydrogen) atoms. The van der Waals surface area contributed by atoms with E-state index in [1.807, 2.05) is 41.6 Å². The molecule has 0 bridgehead atoms. The number of carbonyl (C=O) groups excluding carboxylic acids is 1. The maximum atomic E-state index is 12.9. The molecule has 0 aromatic carbocycles. The third-order valence-corrected chi connectivity index (χ3v) is 9.39. The zero-order valence-corrected chi connectivity index (χ0v) is 21.3. The maximum absolute atomic E-state index is 12.9. The van der Waals surface area contributed by atoms with E-state index in [4.69, 9.17) is 4.74 Å². The predicted octanol–water partition coefficient (Wildman–Crippen LogP) is 4.15. The first-order valence-electron chi connectivity index (χ1n) is 12.9. The molecule has 0 radical (unpaired) electrons.